The molecule has 108 valence electrons. The zero-order chi connectivity index (χ0) is 14.5. The molecule has 0 heterocycles. The topological polar surface area (TPSA) is 61.7 Å². The molecule has 0 aromatic heterocycles. The molecule has 2 N–H and O–H groups in total. The lowest BCUT2D eigenvalue weighted by Gasteiger charge is -2.21. The molecule has 1 fully saturated rings. The number of phenolic OH excluding ortho intramolecular Hbond substituents is 1. The van der Waals surface area contributed by atoms with Crippen molar-refractivity contribution < 1.29 is 9.90 Å². The number of carbonyl (C=O) groups is 1. The van der Waals surface area contributed by atoms with Gasteiger partial charge in [-0.25, -0.2) is 5.43 Å². The van der Waals surface area contributed by atoms with Crippen LogP contribution < -0.4 is 5.43 Å². The molecule has 0 unspecified atom stereocenters. The normalized spacial score (nSPS) is 17.0. The Labute approximate surface area is 119 Å². The number of carbonyl (C=O) groups excluding carboxylic acids is 1. The van der Waals surface area contributed by atoms with E-state index in [2.05, 4.69) is 10.5 Å². The third-order valence-electron chi connectivity index (χ3n) is 4.01. The number of amides is 1. The van der Waals surface area contributed by atoms with E-state index < -0.39 is 0 Å². The molecule has 1 amide bonds. The molecule has 1 aromatic carbocycles. The molecule has 1 aromatic rings. The Morgan fingerprint density at radius 2 is 2.00 bits per heavy atom. The molecule has 0 aliphatic heterocycles. The van der Waals surface area contributed by atoms with Gasteiger partial charge in [-0.1, -0.05) is 31.4 Å². The summed E-state index contributed by atoms with van der Waals surface area (Å²) in [6, 6.07) is 5.12. The predicted molar refractivity (Wildman–Crippen MR) is 80.0 cm³/mol. The van der Waals surface area contributed by atoms with Crippen LogP contribution in [0.3, 0.4) is 0 Å². The molecule has 4 nitrogen and oxygen atoms in total. The second-order valence-electron chi connectivity index (χ2n) is 5.50. The van der Waals surface area contributed by atoms with Crippen molar-refractivity contribution in [3.63, 3.8) is 0 Å². The minimum absolute atomic E-state index is 0.0236. The highest BCUT2D eigenvalue weighted by molar-refractivity contribution is 5.98. The van der Waals surface area contributed by atoms with Gasteiger partial charge in [0.2, 0.25) is 0 Å². The monoisotopic (exact) mass is 274 g/mol. The summed E-state index contributed by atoms with van der Waals surface area (Å²) in [5.74, 6) is 0.145. The predicted octanol–water partition coefficient (Wildman–Crippen LogP) is 3.39. The lowest BCUT2D eigenvalue weighted by Crippen LogP contribution is -2.23. The Morgan fingerprint density at radius 3 is 2.70 bits per heavy atom. The molecule has 0 saturated heterocycles. The Balaban J connectivity index is 2.02. The van der Waals surface area contributed by atoms with Crippen molar-refractivity contribution >= 4 is 11.6 Å². The molecule has 2 rings (SSSR count). The Bertz CT molecular complexity index is 517. The average Bonchev–Trinajstić information content (AvgIpc) is 2.48. The van der Waals surface area contributed by atoms with Crippen molar-refractivity contribution in [2.45, 2.75) is 46.0 Å². The Hall–Kier alpha value is -1.84. The summed E-state index contributed by atoms with van der Waals surface area (Å²) in [7, 11) is 0. The minimum Gasteiger partial charge on any atom is -0.507 e. The van der Waals surface area contributed by atoms with Gasteiger partial charge < -0.3 is 5.11 Å². The molecular formula is C16H22N2O2. The van der Waals surface area contributed by atoms with Crippen molar-refractivity contribution in [3.05, 3.63) is 29.3 Å². The number of para-hydroxylation sites is 1. The third kappa shape index (κ3) is 3.38. The molecule has 4 heteroatoms. The smallest absolute Gasteiger partial charge is 0.275 e. The van der Waals surface area contributed by atoms with Gasteiger partial charge in [-0.2, -0.15) is 5.10 Å². The lowest BCUT2D eigenvalue weighted by atomic mass is 9.86. The number of nitrogens with one attached hydrogen (secondary N) is 1. The van der Waals surface area contributed by atoms with Crippen molar-refractivity contribution in [2.24, 2.45) is 11.0 Å². The van der Waals surface area contributed by atoms with E-state index in [0.717, 1.165) is 18.6 Å². The largest absolute Gasteiger partial charge is 0.507 e. The summed E-state index contributed by atoms with van der Waals surface area (Å²) >= 11 is 0. The number of aryl methyl sites for hydroxylation is 1. The summed E-state index contributed by atoms with van der Waals surface area (Å²) in [4.78, 5) is 12.0. The fourth-order valence-corrected chi connectivity index (χ4v) is 2.65. The van der Waals surface area contributed by atoms with E-state index in [1.165, 1.54) is 19.3 Å². The molecule has 1 aliphatic rings. The van der Waals surface area contributed by atoms with E-state index in [-0.39, 0.29) is 17.2 Å². The quantitative estimate of drug-likeness (QED) is 0.655. The SMILES string of the molecule is C/C(=N/NC(=O)c1cccc(C)c1O)C1CCCCC1. The van der Waals surface area contributed by atoms with Crippen LogP contribution in [0, 0.1) is 12.8 Å². The van der Waals surface area contributed by atoms with Crippen LogP contribution in [0.15, 0.2) is 23.3 Å². The lowest BCUT2D eigenvalue weighted by molar-refractivity contribution is 0.0951. The summed E-state index contributed by atoms with van der Waals surface area (Å²) in [6.07, 6.45) is 6.09. The summed E-state index contributed by atoms with van der Waals surface area (Å²) in [5.41, 5.74) is 4.48. The van der Waals surface area contributed by atoms with Crippen molar-refractivity contribution in [3.8, 4) is 5.75 Å². The molecule has 1 saturated carbocycles. The molecule has 0 spiro atoms. The second-order valence-corrected chi connectivity index (χ2v) is 5.50. The summed E-state index contributed by atoms with van der Waals surface area (Å²) in [5, 5.41) is 14.1. The van der Waals surface area contributed by atoms with Crippen LogP contribution in [0.4, 0.5) is 0 Å². The number of nitrogens with zero attached hydrogens (tertiary/aromatic N) is 1. The Kier molecular flexibility index (Phi) is 4.77. The van der Waals surface area contributed by atoms with Crippen LogP contribution in [0.5, 0.6) is 5.75 Å². The van der Waals surface area contributed by atoms with Crippen LogP contribution in [-0.4, -0.2) is 16.7 Å². The van der Waals surface area contributed by atoms with E-state index in [0.29, 0.717) is 11.5 Å². The first-order valence-corrected chi connectivity index (χ1v) is 7.22. The van der Waals surface area contributed by atoms with Gasteiger partial charge in [-0.3, -0.25) is 4.79 Å². The van der Waals surface area contributed by atoms with Gasteiger partial charge in [-0.15, -0.1) is 0 Å². The van der Waals surface area contributed by atoms with Crippen molar-refractivity contribution in [1.82, 2.24) is 5.43 Å². The highest BCUT2D eigenvalue weighted by Crippen LogP contribution is 2.25. The number of hydrazone groups is 1. The van der Waals surface area contributed by atoms with Crippen LogP contribution in [0.1, 0.15) is 54.9 Å². The van der Waals surface area contributed by atoms with Crippen molar-refractivity contribution in [1.29, 1.82) is 0 Å². The first-order chi connectivity index (χ1) is 9.59. The van der Waals surface area contributed by atoms with Crippen LogP contribution in [-0.2, 0) is 0 Å². The van der Waals surface area contributed by atoms with E-state index in [9.17, 15) is 9.90 Å². The van der Waals surface area contributed by atoms with Gasteiger partial charge in [0.15, 0.2) is 0 Å². The first-order valence-electron chi connectivity index (χ1n) is 7.22. The van der Waals surface area contributed by atoms with Gasteiger partial charge >= 0.3 is 0 Å². The molecule has 0 radical (unpaired) electrons. The fraction of sp³-hybridized carbons (Fsp3) is 0.500. The zero-order valence-electron chi connectivity index (χ0n) is 12.1. The maximum atomic E-state index is 12.0. The zero-order valence-corrected chi connectivity index (χ0v) is 12.1. The molecule has 0 bridgehead atoms. The molecule has 20 heavy (non-hydrogen) atoms. The highest BCUT2D eigenvalue weighted by Gasteiger charge is 2.17. The van der Waals surface area contributed by atoms with Gasteiger partial charge in [0, 0.05) is 5.71 Å². The first kappa shape index (κ1) is 14.6. The summed E-state index contributed by atoms with van der Waals surface area (Å²) < 4.78 is 0. The van der Waals surface area contributed by atoms with E-state index in [1.807, 2.05) is 6.92 Å². The fourth-order valence-electron chi connectivity index (χ4n) is 2.65. The van der Waals surface area contributed by atoms with Crippen LogP contribution >= 0.6 is 0 Å². The highest BCUT2D eigenvalue weighted by atomic mass is 16.3. The number of hydrogen-bond acceptors (Lipinski definition) is 3. The van der Waals surface area contributed by atoms with Crippen molar-refractivity contribution in [2.75, 3.05) is 0 Å². The van der Waals surface area contributed by atoms with Gasteiger partial charge in [-0.05, 0) is 44.2 Å². The van der Waals surface area contributed by atoms with Gasteiger partial charge in [0.05, 0.1) is 5.56 Å². The minimum atomic E-state index is -0.360. The molecular weight excluding hydrogens is 252 g/mol. The Morgan fingerprint density at radius 1 is 1.30 bits per heavy atom. The van der Waals surface area contributed by atoms with Gasteiger partial charge in [0.1, 0.15) is 5.75 Å². The van der Waals surface area contributed by atoms with E-state index in [4.69, 9.17) is 0 Å². The standard InChI is InChI=1S/C16H22N2O2/c1-11-7-6-10-14(15(11)19)16(20)18-17-12(2)13-8-4-3-5-9-13/h6-7,10,13,19H,3-5,8-9H2,1-2H3,(H,18,20)/b17-12-. The third-order valence-corrected chi connectivity index (χ3v) is 4.01. The van der Waals surface area contributed by atoms with E-state index >= 15 is 0 Å². The number of benzene rings is 1. The van der Waals surface area contributed by atoms with Gasteiger partial charge in [0.25, 0.3) is 5.91 Å². The number of phenols is 1. The van der Waals surface area contributed by atoms with Crippen LogP contribution in [0.2, 0.25) is 0 Å². The molecule has 0 atom stereocenters. The summed E-state index contributed by atoms with van der Waals surface area (Å²) in [6.45, 7) is 3.73. The number of aromatic hydroxyl groups is 1. The molecule has 1 aliphatic carbocycles. The maximum Gasteiger partial charge on any atom is 0.275 e. The average molecular weight is 274 g/mol. The van der Waals surface area contributed by atoms with E-state index in [1.54, 1.807) is 25.1 Å². The number of hydrogen-bond donors (Lipinski definition) is 2. The second kappa shape index (κ2) is 6.55. The maximum absolute atomic E-state index is 12.0. The number of rotatable bonds is 3. The van der Waals surface area contributed by atoms with Crippen LogP contribution in [0.25, 0.3) is 0 Å².